The van der Waals surface area contributed by atoms with Crippen molar-refractivity contribution in [2.75, 3.05) is 19.7 Å². The lowest BCUT2D eigenvalue weighted by atomic mass is 9.69. The maximum absolute atomic E-state index is 5.87. The number of nitrogens with one attached hydrogen (secondary N) is 1. The summed E-state index contributed by atoms with van der Waals surface area (Å²) in [5.41, 5.74) is 0.450. The first-order chi connectivity index (χ1) is 7.79. The van der Waals surface area contributed by atoms with E-state index in [2.05, 4.69) is 19.2 Å². The molecular formula is C14H27NO. The van der Waals surface area contributed by atoms with Crippen LogP contribution >= 0.6 is 0 Å². The summed E-state index contributed by atoms with van der Waals surface area (Å²) in [4.78, 5) is 0. The van der Waals surface area contributed by atoms with E-state index in [-0.39, 0.29) is 0 Å². The van der Waals surface area contributed by atoms with Gasteiger partial charge in [0.1, 0.15) is 0 Å². The minimum absolute atomic E-state index is 0.450. The van der Waals surface area contributed by atoms with Gasteiger partial charge in [-0.15, -0.1) is 0 Å². The lowest BCUT2D eigenvalue weighted by Crippen LogP contribution is -2.44. The Bertz CT molecular complexity index is 213. The van der Waals surface area contributed by atoms with Gasteiger partial charge in [-0.05, 0) is 45.1 Å². The van der Waals surface area contributed by atoms with E-state index in [0.29, 0.717) is 11.5 Å². The van der Waals surface area contributed by atoms with Crippen LogP contribution in [-0.4, -0.2) is 25.8 Å². The molecule has 0 radical (unpaired) electrons. The zero-order valence-electron chi connectivity index (χ0n) is 10.9. The molecule has 2 atom stereocenters. The summed E-state index contributed by atoms with van der Waals surface area (Å²) in [6, 6.07) is 0. The van der Waals surface area contributed by atoms with Gasteiger partial charge in [0.15, 0.2) is 0 Å². The highest BCUT2D eigenvalue weighted by Gasteiger charge is 2.47. The Labute approximate surface area is 100 Å². The molecule has 2 aliphatic rings. The van der Waals surface area contributed by atoms with Crippen molar-refractivity contribution in [1.82, 2.24) is 5.32 Å². The Morgan fingerprint density at radius 3 is 2.62 bits per heavy atom. The molecule has 0 aromatic carbocycles. The van der Waals surface area contributed by atoms with Crippen molar-refractivity contribution in [2.45, 2.75) is 58.5 Å². The molecule has 0 amide bonds. The van der Waals surface area contributed by atoms with Gasteiger partial charge in [0.05, 0.1) is 6.10 Å². The van der Waals surface area contributed by atoms with Gasteiger partial charge < -0.3 is 10.1 Å². The van der Waals surface area contributed by atoms with Crippen LogP contribution in [0.3, 0.4) is 0 Å². The van der Waals surface area contributed by atoms with Crippen molar-refractivity contribution < 1.29 is 4.74 Å². The van der Waals surface area contributed by atoms with Crippen molar-refractivity contribution in [3.8, 4) is 0 Å². The fraction of sp³-hybridized carbons (Fsp3) is 1.00. The lowest BCUT2D eigenvalue weighted by molar-refractivity contribution is 0.0292. The van der Waals surface area contributed by atoms with Gasteiger partial charge in [-0.1, -0.05) is 19.8 Å². The first-order valence-corrected chi connectivity index (χ1v) is 7.12. The summed E-state index contributed by atoms with van der Waals surface area (Å²) in [5, 5.41) is 3.65. The first kappa shape index (κ1) is 12.4. The molecule has 1 aliphatic heterocycles. The number of hydrogen-bond acceptors (Lipinski definition) is 2. The molecule has 0 aromatic heterocycles. The average molecular weight is 225 g/mol. The fourth-order valence-corrected chi connectivity index (χ4v) is 3.71. The average Bonchev–Trinajstić information content (AvgIpc) is 2.89. The van der Waals surface area contributed by atoms with Gasteiger partial charge in [0, 0.05) is 18.6 Å². The minimum Gasteiger partial charge on any atom is -0.378 e. The van der Waals surface area contributed by atoms with Crippen LogP contribution in [0, 0.1) is 11.3 Å². The minimum atomic E-state index is 0.450. The molecule has 0 spiro atoms. The molecule has 94 valence electrons. The van der Waals surface area contributed by atoms with Crippen LogP contribution in [0.4, 0.5) is 0 Å². The Morgan fingerprint density at radius 2 is 2.06 bits per heavy atom. The predicted molar refractivity (Wildman–Crippen MR) is 67.6 cm³/mol. The zero-order chi connectivity index (χ0) is 11.4. The van der Waals surface area contributed by atoms with Crippen molar-refractivity contribution >= 4 is 0 Å². The molecule has 1 N–H and O–H groups in total. The second-order valence-electron chi connectivity index (χ2n) is 5.65. The van der Waals surface area contributed by atoms with E-state index in [1.165, 1.54) is 45.1 Å². The van der Waals surface area contributed by atoms with Crippen LogP contribution in [0.1, 0.15) is 52.4 Å². The molecule has 1 heterocycles. The van der Waals surface area contributed by atoms with E-state index in [9.17, 15) is 0 Å². The molecule has 2 heteroatoms. The Balaban J connectivity index is 1.99. The third kappa shape index (κ3) is 2.28. The van der Waals surface area contributed by atoms with E-state index in [0.717, 1.165) is 19.1 Å². The molecule has 0 aromatic rings. The van der Waals surface area contributed by atoms with Crippen LogP contribution in [0.15, 0.2) is 0 Å². The van der Waals surface area contributed by atoms with Crippen molar-refractivity contribution in [2.24, 2.45) is 11.3 Å². The van der Waals surface area contributed by atoms with E-state index in [4.69, 9.17) is 4.74 Å². The Morgan fingerprint density at radius 1 is 1.31 bits per heavy atom. The first-order valence-electron chi connectivity index (χ1n) is 7.12. The topological polar surface area (TPSA) is 21.3 Å². The molecule has 16 heavy (non-hydrogen) atoms. The highest BCUT2D eigenvalue weighted by atomic mass is 16.5. The van der Waals surface area contributed by atoms with E-state index in [1.54, 1.807) is 0 Å². The zero-order valence-corrected chi connectivity index (χ0v) is 10.9. The molecule has 1 saturated carbocycles. The van der Waals surface area contributed by atoms with Crippen LogP contribution in [0.25, 0.3) is 0 Å². The third-order valence-corrected chi connectivity index (χ3v) is 4.79. The van der Waals surface area contributed by atoms with Crippen LogP contribution in [0.5, 0.6) is 0 Å². The lowest BCUT2D eigenvalue weighted by Gasteiger charge is -2.38. The maximum atomic E-state index is 5.87. The summed E-state index contributed by atoms with van der Waals surface area (Å²) < 4.78 is 5.87. The predicted octanol–water partition coefficient (Wildman–Crippen LogP) is 2.97. The SMILES string of the molecule is CCCNCC1(C2CCCC2)CCOC1C. The van der Waals surface area contributed by atoms with E-state index >= 15 is 0 Å². The number of rotatable bonds is 5. The van der Waals surface area contributed by atoms with E-state index < -0.39 is 0 Å². The third-order valence-electron chi connectivity index (χ3n) is 4.79. The summed E-state index contributed by atoms with van der Waals surface area (Å²) >= 11 is 0. The van der Waals surface area contributed by atoms with E-state index in [1.807, 2.05) is 0 Å². The van der Waals surface area contributed by atoms with Crippen LogP contribution < -0.4 is 5.32 Å². The van der Waals surface area contributed by atoms with Crippen molar-refractivity contribution in [1.29, 1.82) is 0 Å². The maximum Gasteiger partial charge on any atom is 0.0618 e. The van der Waals surface area contributed by atoms with Gasteiger partial charge >= 0.3 is 0 Å². The monoisotopic (exact) mass is 225 g/mol. The second-order valence-corrected chi connectivity index (χ2v) is 5.65. The van der Waals surface area contributed by atoms with Gasteiger partial charge in [0.25, 0.3) is 0 Å². The van der Waals surface area contributed by atoms with Crippen molar-refractivity contribution in [3.63, 3.8) is 0 Å². The molecule has 2 rings (SSSR count). The normalized spacial score (nSPS) is 36.0. The molecule has 2 fully saturated rings. The van der Waals surface area contributed by atoms with Gasteiger partial charge in [-0.25, -0.2) is 0 Å². The summed E-state index contributed by atoms with van der Waals surface area (Å²) in [6.07, 6.45) is 8.70. The molecular weight excluding hydrogens is 198 g/mol. The number of ether oxygens (including phenoxy) is 1. The molecule has 1 saturated heterocycles. The quantitative estimate of drug-likeness (QED) is 0.726. The summed E-state index contributed by atoms with van der Waals surface area (Å²) in [6.45, 7) is 7.84. The number of hydrogen-bond donors (Lipinski definition) is 1. The highest BCUT2D eigenvalue weighted by molar-refractivity contribution is 4.97. The largest absolute Gasteiger partial charge is 0.378 e. The van der Waals surface area contributed by atoms with Crippen molar-refractivity contribution in [3.05, 3.63) is 0 Å². The Kier molecular flexibility index (Phi) is 4.26. The smallest absolute Gasteiger partial charge is 0.0618 e. The molecule has 2 nitrogen and oxygen atoms in total. The molecule has 2 unspecified atom stereocenters. The van der Waals surface area contributed by atoms with Gasteiger partial charge in [0.2, 0.25) is 0 Å². The fourth-order valence-electron chi connectivity index (χ4n) is 3.71. The molecule has 1 aliphatic carbocycles. The second kappa shape index (κ2) is 5.50. The highest BCUT2D eigenvalue weighted by Crippen LogP contribution is 2.48. The summed E-state index contributed by atoms with van der Waals surface area (Å²) in [7, 11) is 0. The van der Waals surface area contributed by atoms with Crippen LogP contribution in [0.2, 0.25) is 0 Å². The van der Waals surface area contributed by atoms with Gasteiger partial charge in [-0.2, -0.15) is 0 Å². The standard InChI is InChI=1S/C14H27NO/c1-3-9-15-11-14(8-10-16-12(14)2)13-6-4-5-7-13/h12-13,15H,3-11H2,1-2H3. The molecule has 0 bridgehead atoms. The van der Waals surface area contributed by atoms with Crippen LogP contribution in [-0.2, 0) is 4.74 Å². The van der Waals surface area contributed by atoms with Gasteiger partial charge in [-0.3, -0.25) is 0 Å². The Hall–Kier alpha value is -0.0800. The summed E-state index contributed by atoms with van der Waals surface area (Å²) in [5.74, 6) is 0.911.